The Bertz CT molecular complexity index is 719. The van der Waals surface area contributed by atoms with Crippen LogP contribution in [-0.2, 0) is 11.2 Å². The summed E-state index contributed by atoms with van der Waals surface area (Å²) in [5.74, 6) is -0.0474. The lowest BCUT2D eigenvalue weighted by Crippen LogP contribution is -2.37. The number of ether oxygens (including phenoxy) is 1. The number of ketones is 1. The van der Waals surface area contributed by atoms with Gasteiger partial charge in [0.15, 0.2) is 11.6 Å². The number of aromatic nitrogens is 3. The smallest absolute Gasteiger partial charge is 0.189 e. The van der Waals surface area contributed by atoms with Crippen LogP contribution in [-0.4, -0.2) is 47.0 Å². The summed E-state index contributed by atoms with van der Waals surface area (Å²) in [5.41, 5.74) is 7.79. The van der Waals surface area contributed by atoms with Crippen molar-refractivity contribution in [3.8, 4) is 0 Å². The molecule has 1 fully saturated rings. The van der Waals surface area contributed by atoms with Crippen LogP contribution in [0.4, 0.5) is 11.5 Å². The fourth-order valence-electron chi connectivity index (χ4n) is 2.51. The topological polar surface area (TPSA) is 94.2 Å². The van der Waals surface area contributed by atoms with E-state index in [0.717, 1.165) is 24.3 Å². The standard InChI is InChI=1S/C15H16BrN5O2/c16-13-9-19-15(17)14(20-13)12(22)7-10-8-18-2-1-11(10)21-3-5-23-6-4-21/h1-2,8-9H,3-7H2,(H2,17,19). The number of hydrogen-bond acceptors (Lipinski definition) is 7. The molecule has 0 amide bonds. The maximum atomic E-state index is 12.5. The van der Waals surface area contributed by atoms with E-state index in [1.807, 2.05) is 6.07 Å². The summed E-state index contributed by atoms with van der Waals surface area (Å²) in [7, 11) is 0. The van der Waals surface area contributed by atoms with E-state index in [1.165, 1.54) is 6.20 Å². The molecule has 3 rings (SSSR count). The molecule has 2 aromatic heterocycles. The zero-order valence-corrected chi connectivity index (χ0v) is 14.0. The van der Waals surface area contributed by atoms with Crippen molar-refractivity contribution in [3.63, 3.8) is 0 Å². The van der Waals surface area contributed by atoms with E-state index in [-0.39, 0.29) is 23.7 Å². The molecular weight excluding hydrogens is 362 g/mol. The van der Waals surface area contributed by atoms with E-state index in [2.05, 4.69) is 35.8 Å². The van der Waals surface area contributed by atoms with Crippen LogP contribution >= 0.6 is 15.9 Å². The molecule has 8 heteroatoms. The van der Waals surface area contributed by atoms with Crippen LogP contribution in [0.15, 0.2) is 29.3 Å². The molecule has 0 bridgehead atoms. The highest BCUT2D eigenvalue weighted by Crippen LogP contribution is 2.23. The van der Waals surface area contributed by atoms with E-state index in [0.29, 0.717) is 17.8 Å². The number of nitrogens with two attached hydrogens (primary N) is 1. The fourth-order valence-corrected chi connectivity index (χ4v) is 2.79. The minimum absolute atomic E-state index is 0.134. The Morgan fingerprint density at radius 1 is 1.35 bits per heavy atom. The van der Waals surface area contributed by atoms with Crippen molar-refractivity contribution in [2.75, 3.05) is 36.9 Å². The first kappa shape index (κ1) is 15.8. The van der Waals surface area contributed by atoms with Gasteiger partial charge in [0.05, 0.1) is 19.4 Å². The summed E-state index contributed by atoms with van der Waals surface area (Å²) in [6, 6.07) is 1.92. The van der Waals surface area contributed by atoms with Crippen molar-refractivity contribution >= 4 is 33.2 Å². The molecule has 1 aliphatic rings. The van der Waals surface area contributed by atoms with Gasteiger partial charge in [-0.15, -0.1) is 0 Å². The quantitative estimate of drug-likeness (QED) is 0.806. The van der Waals surface area contributed by atoms with Gasteiger partial charge < -0.3 is 15.4 Å². The van der Waals surface area contributed by atoms with Crippen LogP contribution in [0.2, 0.25) is 0 Å². The summed E-state index contributed by atoms with van der Waals surface area (Å²) in [6.07, 6.45) is 5.08. The molecule has 0 aliphatic carbocycles. The Morgan fingerprint density at radius 3 is 2.91 bits per heavy atom. The number of hydrogen-bond donors (Lipinski definition) is 1. The summed E-state index contributed by atoms with van der Waals surface area (Å²) in [5, 5.41) is 0. The number of nitrogen functional groups attached to an aromatic ring is 1. The van der Waals surface area contributed by atoms with Gasteiger partial charge in [-0.1, -0.05) is 0 Å². The molecule has 0 saturated carbocycles. The minimum atomic E-state index is -0.182. The lowest BCUT2D eigenvalue weighted by Gasteiger charge is -2.30. The number of Topliss-reactive ketones (excluding diaryl/α,β-unsaturated/α-hetero) is 1. The summed E-state index contributed by atoms with van der Waals surface area (Å²) >= 11 is 3.21. The largest absolute Gasteiger partial charge is 0.382 e. The zero-order valence-electron chi connectivity index (χ0n) is 12.4. The van der Waals surface area contributed by atoms with Crippen LogP contribution in [0.3, 0.4) is 0 Å². The average Bonchev–Trinajstić information content (AvgIpc) is 2.58. The minimum Gasteiger partial charge on any atom is -0.382 e. The molecule has 2 aromatic rings. The van der Waals surface area contributed by atoms with E-state index < -0.39 is 0 Å². The first-order valence-electron chi connectivity index (χ1n) is 7.22. The third kappa shape index (κ3) is 3.65. The second-order valence-corrected chi connectivity index (χ2v) is 5.94. The molecule has 1 saturated heterocycles. The number of pyridine rings is 1. The van der Waals surface area contributed by atoms with Crippen molar-refractivity contribution in [1.29, 1.82) is 0 Å². The molecule has 0 radical (unpaired) electrons. The number of carbonyl (C=O) groups excluding carboxylic acids is 1. The van der Waals surface area contributed by atoms with Crippen molar-refractivity contribution in [2.45, 2.75) is 6.42 Å². The van der Waals surface area contributed by atoms with Gasteiger partial charge in [0.2, 0.25) is 0 Å². The predicted molar refractivity (Wildman–Crippen MR) is 89.4 cm³/mol. The highest BCUT2D eigenvalue weighted by molar-refractivity contribution is 9.10. The normalized spacial score (nSPS) is 14.7. The Labute approximate surface area is 142 Å². The van der Waals surface area contributed by atoms with E-state index in [1.54, 1.807) is 12.4 Å². The predicted octanol–water partition coefficient (Wildman–Crippen LogP) is 1.48. The fraction of sp³-hybridized carbons (Fsp3) is 0.333. The number of halogens is 1. The maximum absolute atomic E-state index is 12.5. The Hall–Kier alpha value is -2.06. The van der Waals surface area contributed by atoms with Crippen molar-refractivity contribution in [2.24, 2.45) is 0 Å². The van der Waals surface area contributed by atoms with Gasteiger partial charge in [0, 0.05) is 43.2 Å². The van der Waals surface area contributed by atoms with Crippen LogP contribution in [0.25, 0.3) is 0 Å². The molecule has 3 heterocycles. The third-order valence-electron chi connectivity index (χ3n) is 3.62. The molecule has 0 aromatic carbocycles. The molecule has 23 heavy (non-hydrogen) atoms. The lowest BCUT2D eigenvalue weighted by atomic mass is 10.1. The van der Waals surface area contributed by atoms with Gasteiger partial charge >= 0.3 is 0 Å². The van der Waals surface area contributed by atoms with Crippen molar-refractivity contribution < 1.29 is 9.53 Å². The Kier molecular flexibility index (Phi) is 4.82. The van der Waals surface area contributed by atoms with Gasteiger partial charge in [0.1, 0.15) is 10.3 Å². The van der Waals surface area contributed by atoms with Crippen LogP contribution < -0.4 is 10.6 Å². The van der Waals surface area contributed by atoms with Gasteiger partial charge in [-0.2, -0.15) is 0 Å². The highest BCUT2D eigenvalue weighted by Gasteiger charge is 2.19. The van der Waals surface area contributed by atoms with E-state index in [4.69, 9.17) is 10.5 Å². The number of anilines is 2. The van der Waals surface area contributed by atoms with Crippen LogP contribution in [0.1, 0.15) is 16.1 Å². The van der Waals surface area contributed by atoms with Gasteiger partial charge in [-0.05, 0) is 22.0 Å². The molecule has 0 unspecified atom stereocenters. The highest BCUT2D eigenvalue weighted by atomic mass is 79.9. The molecule has 0 spiro atoms. The van der Waals surface area contributed by atoms with Gasteiger partial charge in [-0.25, -0.2) is 9.97 Å². The molecule has 0 atom stereocenters. The Morgan fingerprint density at radius 2 is 2.13 bits per heavy atom. The molecular formula is C15H16BrN5O2. The number of morpholine rings is 1. The third-order valence-corrected chi connectivity index (χ3v) is 4.00. The van der Waals surface area contributed by atoms with Gasteiger partial charge in [0.25, 0.3) is 0 Å². The first-order chi connectivity index (χ1) is 11.1. The van der Waals surface area contributed by atoms with E-state index in [9.17, 15) is 4.79 Å². The molecule has 2 N–H and O–H groups in total. The number of carbonyl (C=O) groups is 1. The average molecular weight is 378 g/mol. The zero-order chi connectivity index (χ0) is 16.2. The maximum Gasteiger partial charge on any atom is 0.189 e. The number of nitrogens with zero attached hydrogens (tertiary/aromatic N) is 4. The second-order valence-electron chi connectivity index (χ2n) is 5.13. The second kappa shape index (κ2) is 7.01. The summed E-state index contributed by atoms with van der Waals surface area (Å²) in [4.78, 5) is 27.0. The molecule has 120 valence electrons. The van der Waals surface area contributed by atoms with Gasteiger partial charge in [-0.3, -0.25) is 9.78 Å². The van der Waals surface area contributed by atoms with Crippen molar-refractivity contribution in [1.82, 2.24) is 15.0 Å². The Balaban J connectivity index is 1.85. The lowest BCUT2D eigenvalue weighted by molar-refractivity contribution is 0.0988. The van der Waals surface area contributed by atoms with Crippen LogP contribution in [0.5, 0.6) is 0 Å². The number of rotatable bonds is 4. The van der Waals surface area contributed by atoms with E-state index >= 15 is 0 Å². The first-order valence-corrected chi connectivity index (χ1v) is 8.01. The molecule has 1 aliphatic heterocycles. The summed E-state index contributed by atoms with van der Waals surface area (Å²) in [6.45, 7) is 2.95. The van der Waals surface area contributed by atoms with Crippen LogP contribution in [0, 0.1) is 0 Å². The van der Waals surface area contributed by atoms with Crippen molar-refractivity contribution in [3.05, 3.63) is 40.5 Å². The molecule has 7 nitrogen and oxygen atoms in total. The SMILES string of the molecule is Nc1ncc(Br)nc1C(=O)Cc1cnccc1N1CCOCC1. The monoisotopic (exact) mass is 377 g/mol. The summed E-state index contributed by atoms with van der Waals surface area (Å²) < 4.78 is 5.86.